The van der Waals surface area contributed by atoms with Crippen LogP contribution >= 0.6 is 0 Å². The number of hydrogen-bond donors (Lipinski definition) is 3. The van der Waals surface area contributed by atoms with E-state index in [2.05, 4.69) is 9.97 Å². The Morgan fingerprint density at radius 2 is 1.00 bits per heavy atom. The van der Waals surface area contributed by atoms with Gasteiger partial charge in [-0.2, -0.15) is 0 Å². The lowest BCUT2D eigenvalue weighted by molar-refractivity contribution is -0.147. The number of aliphatic hydroxyl groups excluding tert-OH is 1. The van der Waals surface area contributed by atoms with Crippen LogP contribution in [0.5, 0.6) is 5.75 Å². The zero-order valence-corrected chi connectivity index (χ0v) is 32.4. The molecule has 0 saturated carbocycles. The lowest BCUT2D eigenvalue weighted by atomic mass is 10.1. The number of carboxylic acids is 2. The van der Waals surface area contributed by atoms with E-state index in [0.29, 0.717) is 33.3 Å². The maximum absolute atomic E-state index is 13.9. The van der Waals surface area contributed by atoms with Crippen molar-refractivity contribution in [2.75, 3.05) is 0 Å². The van der Waals surface area contributed by atoms with Gasteiger partial charge in [0.1, 0.15) is 34.2 Å². The fourth-order valence-corrected chi connectivity index (χ4v) is 5.20. The number of benzene rings is 6. The van der Waals surface area contributed by atoms with Crippen molar-refractivity contribution in [2.45, 2.75) is 47.3 Å². The Morgan fingerprint density at radius 3 is 1.48 bits per heavy atom. The van der Waals surface area contributed by atoms with E-state index in [1.54, 1.807) is 103 Å². The highest BCUT2D eigenvalue weighted by atomic mass is 19.1. The number of rotatable bonds is 8. The number of halogens is 3. The summed E-state index contributed by atoms with van der Waals surface area (Å²) >= 11 is 0. The van der Waals surface area contributed by atoms with Gasteiger partial charge in [0.05, 0.1) is 11.1 Å². The number of nitrogens with zero attached hydrogens (tertiary/aromatic N) is 2. The van der Waals surface area contributed by atoms with Gasteiger partial charge < -0.3 is 28.9 Å². The van der Waals surface area contributed by atoms with Crippen LogP contribution in [0, 0.1) is 17.5 Å². The first-order valence-corrected chi connectivity index (χ1v) is 18.4. The molecule has 2 aromatic heterocycles. The summed E-state index contributed by atoms with van der Waals surface area (Å²) in [6.07, 6.45) is -2.66. The Labute approximate surface area is 345 Å². The van der Waals surface area contributed by atoms with Crippen LogP contribution in [0.1, 0.15) is 58.5 Å². The summed E-state index contributed by atoms with van der Waals surface area (Å²) in [6.45, 7) is 8.00. The molecule has 2 heterocycles. The maximum Gasteiger partial charge on any atom is 0.349 e. The summed E-state index contributed by atoms with van der Waals surface area (Å²) in [5, 5.41) is 27.0. The number of para-hydroxylation sites is 4. The van der Waals surface area contributed by atoms with Gasteiger partial charge in [0.25, 0.3) is 0 Å². The number of ether oxygens (including phenoxy) is 1. The first kappa shape index (κ1) is 47.1. The van der Waals surface area contributed by atoms with Crippen molar-refractivity contribution >= 4 is 34.1 Å². The summed E-state index contributed by atoms with van der Waals surface area (Å²) in [7, 11) is 0. The normalized spacial score (nSPS) is 11.0. The zero-order chi connectivity index (χ0) is 42.9. The van der Waals surface area contributed by atoms with Crippen molar-refractivity contribution < 1.29 is 51.7 Å². The molecule has 2 unspecified atom stereocenters. The molecule has 312 valence electrons. The van der Waals surface area contributed by atoms with Crippen molar-refractivity contribution in [3.63, 3.8) is 0 Å². The number of fused-ring (bicyclic) bond motifs is 2. The van der Waals surface area contributed by atoms with Crippen molar-refractivity contribution in [1.82, 2.24) is 9.97 Å². The monoisotopic (exact) mass is 822 g/mol. The van der Waals surface area contributed by atoms with Crippen molar-refractivity contribution in [1.29, 1.82) is 0 Å². The first-order valence-electron chi connectivity index (χ1n) is 18.4. The Kier molecular flexibility index (Phi) is 18.2. The van der Waals surface area contributed by atoms with Gasteiger partial charge in [0, 0.05) is 5.56 Å². The lowest BCUT2D eigenvalue weighted by Gasteiger charge is -2.17. The summed E-state index contributed by atoms with van der Waals surface area (Å²) in [5.41, 5.74) is 3.46. The minimum atomic E-state index is -1.41. The van der Waals surface area contributed by atoms with Crippen LogP contribution in [0.2, 0.25) is 0 Å². The second-order valence-electron chi connectivity index (χ2n) is 11.6. The fraction of sp³-hybridized carbons (Fsp3) is 0.149. The van der Waals surface area contributed by atoms with Crippen LogP contribution in [0.15, 0.2) is 154 Å². The van der Waals surface area contributed by atoms with E-state index in [0.717, 1.165) is 18.2 Å². The molecule has 0 radical (unpaired) electrons. The Morgan fingerprint density at radius 1 is 0.567 bits per heavy atom. The van der Waals surface area contributed by atoms with Crippen LogP contribution in [0.3, 0.4) is 0 Å². The third-order valence-corrected chi connectivity index (χ3v) is 7.84. The second-order valence-corrected chi connectivity index (χ2v) is 11.6. The fourth-order valence-electron chi connectivity index (χ4n) is 5.20. The maximum atomic E-state index is 13.9. The van der Waals surface area contributed by atoms with E-state index in [1.807, 2.05) is 33.8 Å². The number of aliphatic hydroxyl groups is 1. The highest BCUT2D eigenvalue weighted by molar-refractivity contribution is 5.79. The van der Waals surface area contributed by atoms with E-state index in [-0.39, 0.29) is 36.1 Å². The standard InChI is InChI=1S/C21H14FNO4.C13H7F2NO.C8H8O3.2C2H6.CH4/c22-14-10-11-17(26-19(21(24)25)13-6-2-1-3-7-13)15(12-14)20-23-16-8-4-5-9-18(16)27-20;14-8-5-6-10(15)9(7-8)13-16-11-3-1-2-4-12(11)17-13;9-7(8(10)11)6-4-2-1-3-5-6;2*1-2;/h1-12,19H,(H,24,25);1-7H;1-5,7,9H,(H,10,11);2*1-2H3;1H4. The number of aromatic nitrogens is 2. The van der Waals surface area contributed by atoms with E-state index in [1.165, 1.54) is 18.2 Å². The molecule has 2 atom stereocenters. The molecule has 0 amide bonds. The van der Waals surface area contributed by atoms with E-state index < -0.39 is 41.6 Å². The van der Waals surface area contributed by atoms with Gasteiger partial charge in [-0.3, -0.25) is 0 Å². The molecule has 0 spiro atoms. The third-order valence-electron chi connectivity index (χ3n) is 7.84. The molecule has 0 aliphatic heterocycles. The lowest BCUT2D eigenvalue weighted by Crippen LogP contribution is -2.18. The summed E-state index contributed by atoms with van der Waals surface area (Å²) in [6, 6.07) is 38.0. The van der Waals surface area contributed by atoms with Crippen LogP contribution in [0.4, 0.5) is 13.2 Å². The zero-order valence-electron chi connectivity index (χ0n) is 32.4. The number of oxazole rings is 2. The molecule has 8 rings (SSSR count). The van der Waals surface area contributed by atoms with Crippen LogP contribution in [-0.4, -0.2) is 37.2 Å². The molecular formula is C47H45F3N2O8. The minimum absolute atomic E-state index is 0. The molecule has 0 aliphatic carbocycles. The predicted octanol–water partition coefficient (Wildman–Crippen LogP) is 12.1. The van der Waals surface area contributed by atoms with E-state index >= 15 is 0 Å². The highest BCUT2D eigenvalue weighted by Crippen LogP contribution is 2.35. The molecule has 13 heteroatoms. The van der Waals surface area contributed by atoms with Crippen molar-refractivity contribution in [3.8, 4) is 28.7 Å². The van der Waals surface area contributed by atoms with Gasteiger partial charge in [-0.1, -0.05) is 120 Å². The predicted molar refractivity (Wildman–Crippen MR) is 225 cm³/mol. The SMILES string of the molecule is C.CC.CC.Fc1ccc(F)c(-c2nc3ccccc3o2)c1.O=C(O)C(O)c1ccccc1.O=C(O)C(Oc1ccc(F)cc1-c1nc2ccccc2o1)c1ccccc1. The second kappa shape index (κ2) is 23.2. The van der Waals surface area contributed by atoms with Gasteiger partial charge in [0.2, 0.25) is 17.9 Å². The molecule has 6 aromatic carbocycles. The first-order chi connectivity index (χ1) is 28.6. The van der Waals surface area contributed by atoms with E-state index in [9.17, 15) is 27.9 Å². The summed E-state index contributed by atoms with van der Waals surface area (Å²) in [4.78, 5) is 30.4. The van der Waals surface area contributed by atoms with Crippen LogP contribution in [0.25, 0.3) is 45.1 Å². The van der Waals surface area contributed by atoms with Gasteiger partial charge >= 0.3 is 11.9 Å². The van der Waals surface area contributed by atoms with Crippen LogP contribution in [-0.2, 0) is 9.59 Å². The van der Waals surface area contributed by atoms with Crippen molar-refractivity contribution in [2.24, 2.45) is 0 Å². The third kappa shape index (κ3) is 12.4. The number of carbonyl (C=O) groups is 2. The van der Waals surface area contributed by atoms with Gasteiger partial charge in [-0.15, -0.1) is 0 Å². The van der Waals surface area contributed by atoms with Crippen LogP contribution < -0.4 is 4.74 Å². The highest BCUT2D eigenvalue weighted by Gasteiger charge is 2.25. The van der Waals surface area contributed by atoms with E-state index in [4.69, 9.17) is 23.8 Å². The molecular weight excluding hydrogens is 778 g/mol. The summed E-state index contributed by atoms with van der Waals surface area (Å²) < 4.78 is 57.2. The van der Waals surface area contributed by atoms with Crippen molar-refractivity contribution in [3.05, 3.63) is 174 Å². The molecule has 0 saturated heterocycles. The Bertz CT molecular complexity index is 2500. The minimum Gasteiger partial charge on any atom is -0.479 e. The van der Waals surface area contributed by atoms with Gasteiger partial charge in [-0.25, -0.2) is 32.7 Å². The number of aliphatic carboxylic acids is 2. The average molecular weight is 823 g/mol. The molecule has 60 heavy (non-hydrogen) atoms. The quantitative estimate of drug-likeness (QED) is 0.135. The molecule has 3 N–H and O–H groups in total. The molecule has 0 aliphatic rings. The molecule has 0 bridgehead atoms. The average Bonchev–Trinajstić information content (AvgIpc) is 3.91. The Balaban J connectivity index is 0.000000250. The summed E-state index contributed by atoms with van der Waals surface area (Å²) in [5.74, 6) is -3.57. The topological polar surface area (TPSA) is 156 Å². The number of hydrogen-bond acceptors (Lipinski definition) is 8. The molecule has 10 nitrogen and oxygen atoms in total. The smallest absolute Gasteiger partial charge is 0.349 e. The molecule has 0 fully saturated rings. The Hall–Kier alpha value is -7.25. The number of carboxylic acid groups (broad SMARTS) is 2. The van der Waals surface area contributed by atoms with Gasteiger partial charge in [-0.05, 0) is 66.2 Å². The largest absolute Gasteiger partial charge is 0.479 e. The molecule has 8 aromatic rings. The van der Waals surface area contributed by atoms with Gasteiger partial charge in [0.15, 0.2) is 17.3 Å².